The van der Waals surface area contributed by atoms with E-state index >= 15 is 0 Å². The molecule has 1 rings (SSSR count). The van der Waals surface area contributed by atoms with E-state index in [0.29, 0.717) is 12.2 Å². The molecule has 0 saturated heterocycles. The molecule has 54 valence electrons. The average molecular weight is 128 g/mol. The highest BCUT2D eigenvalue weighted by molar-refractivity contribution is 4.76. The predicted octanol–water partition coefficient (Wildman–Crippen LogP) is 2.21. The van der Waals surface area contributed by atoms with Gasteiger partial charge in [-0.3, -0.25) is 0 Å². The molecule has 9 heavy (non-hydrogen) atoms. The SMILES string of the molecule is CC1CC(OC(C)C)C1. The quantitative estimate of drug-likeness (QED) is 0.554. The molecule has 0 heterocycles. The fraction of sp³-hybridized carbons (Fsp3) is 1.00. The van der Waals surface area contributed by atoms with Gasteiger partial charge in [0.05, 0.1) is 12.2 Å². The van der Waals surface area contributed by atoms with Gasteiger partial charge < -0.3 is 4.74 Å². The molecule has 1 saturated carbocycles. The van der Waals surface area contributed by atoms with E-state index in [0.717, 1.165) is 5.92 Å². The third-order valence-corrected chi connectivity index (χ3v) is 1.80. The molecule has 0 amide bonds. The van der Waals surface area contributed by atoms with Crippen LogP contribution in [0.1, 0.15) is 33.6 Å². The summed E-state index contributed by atoms with van der Waals surface area (Å²) in [6.45, 7) is 6.48. The Kier molecular flexibility index (Phi) is 2.12. The van der Waals surface area contributed by atoms with Crippen LogP contribution in [-0.2, 0) is 4.74 Å². The molecule has 1 nitrogen and oxygen atoms in total. The fourth-order valence-corrected chi connectivity index (χ4v) is 1.32. The predicted molar refractivity (Wildman–Crippen MR) is 38.4 cm³/mol. The summed E-state index contributed by atoms with van der Waals surface area (Å²) in [5.74, 6) is 0.911. The maximum Gasteiger partial charge on any atom is 0.0583 e. The van der Waals surface area contributed by atoms with Crippen molar-refractivity contribution in [3.8, 4) is 0 Å². The second-order valence-corrected chi connectivity index (χ2v) is 3.38. The van der Waals surface area contributed by atoms with Gasteiger partial charge in [-0.25, -0.2) is 0 Å². The highest BCUT2D eigenvalue weighted by atomic mass is 16.5. The van der Waals surface area contributed by atoms with Crippen molar-refractivity contribution in [2.75, 3.05) is 0 Å². The zero-order valence-electron chi connectivity index (χ0n) is 6.55. The largest absolute Gasteiger partial charge is 0.376 e. The van der Waals surface area contributed by atoms with Gasteiger partial charge in [-0.15, -0.1) is 0 Å². The van der Waals surface area contributed by atoms with Gasteiger partial charge in [-0.2, -0.15) is 0 Å². The fourth-order valence-electron chi connectivity index (χ4n) is 1.32. The Morgan fingerprint density at radius 1 is 1.33 bits per heavy atom. The third kappa shape index (κ3) is 1.98. The highest BCUT2D eigenvalue weighted by Crippen LogP contribution is 2.29. The van der Waals surface area contributed by atoms with E-state index in [1.54, 1.807) is 0 Å². The number of ether oxygens (including phenoxy) is 1. The first kappa shape index (κ1) is 7.07. The maximum atomic E-state index is 5.56. The molecular weight excluding hydrogens is 112 g/mol. The summed E-state index contributed by atoms with van der Waals surface area (Å²) in [6, 6.07) is 0. The molecular formula is C8H16O. The van der Waals surface area contributed by atoms with Crippen molar-refractivity contribution in [2.24, 2.45) is 5.92 Å². The minimum atomic E-state index is 0.419. The molecule has 0 spiro atoms. The molecule has 1 aliphatic rings. The number of rotatable bonds is 2. The van der Waals surface area contributed by atoms with Crippen molar-refractivity contribution in [1.29, 1.82) is 0 Å². The third-order valence-electron chi connectivity index (χ3n) is 1.80. The standard InChI is InChI=1S/C8H16O/c1-6(2)9-8-4-7(3)5-8/h6-8H,4-5H2,1-3H3. The lowest BCUT2D eigenvalue weighted by Gasteiger charge is -2.33. The van der Waals surface area contributed by atoms with Gasteiger partial charge in [-0.05, 0) is 32.6 Å². The molecule has 0 bridgehead atoms. The normalized spacial score (nSPS) is 34.7. The minimum absolute atomic E-state index is 0.419. The van der Waals surface area contributed by atoms with Gasteiger partial charge in [0.15, 0.2) is 0 Å². The summed E-state index contributed by atoms with van der Waals surface area (Å²) >= 11 is 0. The Morgan fingerprint density at radius 2 is 1.89 bits per heavy atom. The van der Waals surface area contributed by atoms with Crippen molar-refractivity contribution in [2.45, 2.75) is 45.8 Å². The highest BCUT2D eigenvalue weighted by Gasteiger charge is 2.26. The first-order valence-electron chi connectivity index (χ1n) is 3.84. The van der Waals surface area contributed by atoms with E-state index in [-0.39, 0.29) is 0 Å². The van der Waals surface area contributed by atoms with E-state index < -0.39 is 0 Å². The van der Waals surface area contributed by atoms with Crippen LogP contribution in [0.25, 0.3) is 0 Å². The molecule has 1 fully saturated rings. The summed E-state index contributed by atoms with van der Waals surface area (Å²) in [6.07, 6.45) is 3.55. The van der Waals surface area contributed by atoms with Gasteiger partial charge in [0, 0.05) is 0 Å². The van der Waals surface area contributed by atoms with Gasteiger partial charge in [0.2, 0.25) is 0 Å². The van der Waals surface area contributed by atoms with Gasteiger partial charge in [-0.1, -0.05) is 6.92 Å². The minimum Gasteiger partial charge on any atom is -0.376 e. The summed E-state index contributed by atoms with van der Waals surface area (Å²) in [5, 5.41) is 0. The van der Waals surface area contributed by atoms with E-state index in [2.05, 4.69) is 20.8 Å². The molecule has 1 heteroatoms. The molecule has 0 aromatic heterocycles. The maximum absolute atomic E-state index is 5.56. The van der Waals surface area contributed by atoms with E-state index in [1.165, 1.54) is 12.8 Å². The Hall–Kier alpha value is -0.0400. The van der Waals surface area contributed by atoms with Crippen LogP contribution in [0.4, 0.5) is 0 Å². The lowest BCUT2D eigenvalue weighted by molar-refractivity contribution is -0.0576. The number of hydrogen-bond donors (Lipinski definition) is 0. The Labute approximate surface area is 57.4 Å². The zero-order chi connectivity index (χ0) is 6.85. The van der Waals surface area contributed by atoms with Crippen LogP contribution in [0.5, 0.6) is 0 Å². The van der Waals surface area contributed by atoms with Crippen molar-refractivity contribution in [3.05, 3.63) is 0 Å². The van der Waals surface area contributed by atoms with Crippen molar-refractivity contribution >= 4 is 0 Å². The van der Waals surface area contributed by atoms with Gasteiger partial charge >= 0.3 is 0 Å². The Morgan fingerprint density at radius 3 is 2.22 bits per heavy atom. The van der Waals surface area contributed by atoms with Gasteiger partial charge in [0.1, 0.15) is 0 Å². The van der Waals surface area contributed by atoms with Crippen molar-refractivity contribution < 1.29 is 4.74 Å². The van der Waals surface area contributed by atoms with Crippen LogP contribution >= 0.6 is 0 Å². The molecule has 0 unspecified atom stereocenters. The summed E-state index contributed by atoms with van der Waals surface area (Å²) in [5.41, 5.74) is 0. The first-order valence-corrected chi connectivity index (χ1v) is 3.84. The summed E-state index contributed by atoms with van der Waals surface area (Å²) in [7, 11) is 0. The lowest BCUT2D eigenvalue weighted by atomic mass is 9.84. The van der Waals surface area contributed by atoms with Crippen molar-refractivity contribution in [1.82, 2.24) is 0 Å². The molecule has 0 aromatic carbocycles. The molecule has 0 atom stereocenters. The van der Waals surface area contributed by atoms with Crippen LogP contribution in [0.15, 0.2) is 0 Å². The average Bonchev–Trinajstić information content (AvgIpc) is 1.60. The van der Waals surface area contributed by atoms with E-state index in [9.17, 15) is 0 Å². The topological polar surface area (TPSA) is 9.23 Å². The number of hydrogen-bond acceptors (Lipinski definition) is 1. The molecule has 1 aliphatic carbocycles. The molecule has 0 N–H and O–H groups in total. The Bertz CT molecular complexity index is 82.6. The zero-order valence-corrected chi connectivity index (χ0v) is 6.55. The van der Waals surface area contributed by atoms with Crippen molar-refractivity contribution in [3.63, 3.8) is 0 Å². The second kappa shape index (κ2) is 2.70. The Balaban J connectivity index is 2.04. The smallest absolute Gasteiger partial charge is 0.0583 e. The first-order chi connectivity index (χ1) is 4.18. The summed E-state index contributed by atoms with van der Waals surface area (Å²) in [4.78, 5) is 0. The van der Waals surface area contributed by atoms with Crippen LogP contribution in [0.2, 0.25) is 0 Å². The molecule has 0 aliphatic heterocycles. The van der Waals surface area contributed by atoms with Gasteiger partial charge in [0.25, 0.3) is 0 Å². The van der Waals surface area contributed by atoms with Crippen LogP contribution in [0, 0.1) is 5.92 Å². The van der Waals surface area contributed by atoms with E-state index in [4.69, 9.17) is 4.74 Å². The summed E-state index contributed by atoms with van der Waals surface area (Å²) < 4.78 is 5.56. The molecule has 0 aromatic rings. The van der Waals surface area contributed by atoms with Crippen LogP contribution in [-0.4, -0.2) is 12.2 Å². The molecule has 0 radical (unpaired) electrons. The van der Waals surface area contributed by atoms with E-state index in [1.807, 2.05) is 0 Å². The van der Waals surface area contributed by atoms with Crippen LogP contribution < -0.4 is 0 Å². The lowest BCUT2D eigenvalue weighted by Crippen LogP contribution is -2.31. The monoisotopic (exact) mass is 128 g/mol. The van der Waals surface area contributed by atoms with Crippen LogP contribution in [0.3, 0.4) is 0 Å². The second-order valence-electron chi connectivity index (χ2n) is 3.38.